The molecule has 0 aliphatic rings. The molecular weight excluding hydrogens is 480 g/mol. The van der Waals surface area contributed by atoms with E-state index in [2.05, 4.69) is 36.8 Å². The summed E-state index contributed by atoms with van der Waals surface area (Å²) in [7, 11) is 0. The van der Waals surface area contributed by atoms with Gasteiger partial charge in [-0.1, -0.05) is 15.9 Å². The number of amides is 2. The third-order valence-corrected chi connectivity index (χ3v) is 4.35. The minimum absolute atomic E-state index is 0.242. The number of benzene rings is 1. The molecule has 162 valence electrons. The molecule has 2 amide bonds. The van der Waals surface area contributed by atoms with E-state index in [9.17, 15) is 14.4 Å². The van der Waals surface area contributed by atoms with Crippen molar-refractivity contribution in [3.63, 3.8) is 0 Å². The van der Waals surface area contributed by atoms with Gasteiger partial charge in [0.05, 0.1) is 19.0 Å². The van der Waals surface area contributed by atoms with Gasteiger partial charge < -0.3 is 14.5 Å². The monoisotopic (exact) mass is 496 g/mol. The zero-order chi connectivity index (χ0) is 22.8. The summed E-state index contributed by atoms with van der Waals surface area (Å²) >= 11 is 3.34. The van der Waals surface area contributed by atoms with Crippen LogP contribution in [0, 0.1) is 0 Å². The average molecular weight is 497 g/mol. The number of carbonyl (C=O) groups is 3. The van der Waals surface area contributed by atoms with Crippen LogP contribution in [-0.2, 0) is 9.59 Å². The van der Waals surface area contributed by atoms with Crippen molar-refractivity contribution in [2.24, 2.45) is 5.10 Å². The van der Waals surface area contributed by atoms with Crippen LogP contribution in [0.4, 0.5) is 0 Å². The summed E-state index contributed by atoms with van der Waals surface area (Å²) in [6.07, 6.45) is 8.49. The van der Waals surface area contributed by atoms with Crippen LogP contribution in [0.2, 0.25) is 0 Å². The zero-order valence-corrected chi connectivity index (χ0v) is 18.1. The van der Waals surface area contributed by atoms with Gasteiger partial charge >= 0.3 is 5.97 Å². The van der Waals surface area contributed by atoms with Gasteiger partial charge in [0.25, 0.3) is 11.8 Å². The van der Waals surface area contributed by atoms with Crippen molar-refractivity contribution in [2.45, 2.75) is 0 Å². The summed E-state index contributed by atoms with van der Waals surface area (Å²) in [5.41, 5.74) is 3.13. The highest BCUT2D eigenvalue weighted by Crippen LogP contribution is 2.22. The number of carbonyl (C=O) groups excluding carboxylic acids is 3. The van der Waals surface area contributed by atoms with Crippen LogP contribution in [0.25, 0.3) is 6.08 Å². The first kappa shape index (κ1) is 22.6. The van der Waals surface area contributed by atoms with E-state index in [1.165, 1.54) is 49.2 Å². The Kier molecular flexibility index (Phi) is 8.04. The number of ether oxygens (including phenoxy) is 1. The first-order valence-electron chi connectivity index (χ1n) is 9.24. The molecule has 2 aromatic heterocycles. The van der Waals surface area contributed by atoms with Gasteiger partial charge in [-0.2, -0.15) is 5.10 Å². The molecule has 2 heterocycles. The largest absolute Gasteiger partial charge is 0.465 e. The number of aromatic nitrogens is 1. The maximum absolute atomic E-state index is 12.1. The predicted octanol–water partition coefficient (Wildman–Crippen LogP) is 2.94. The minimum atomic E-state index is -0.610. The van der Waals surface area contributed by atoms with Crippen molar-refractivity contribution in [1.82, 2.24) is 15.7 Å². The second-order valence-corrected chi connectivity index (χ2v) is 7.08. The van der Waals surface area contributed by atoms with Crippen molar-refractivity contribution in [1.29, 1.82) is 0 Å². The van der Waals surface area contributed by atoms with Gasteiger partial charge in [0, 0.05) is 34.1 Å². The van der Waals surface area contributed by atoms with E-state index in [0.29, 0.717) is 16.9 Å². The number of nitrogens with one attached hydrogen (secondary N) is 2. The van der Waals surface area contributed by atoms with Crippen molar-refractivity contribution < 1.29 is 23.5 Å². The highest BCUT2D eigenvalue weighted by Gasteiger charge is 2.09. The summed E-state index contributed by atoms with van der Waals surface area (Å²) < 4.78 is 11.2. The van der Waals surface area contributed by atoms with E-state index in [1.54, 1.807) is 30.3 Å². The molecule has 1 aromatic carbocycles. The van der Waals surface area contributed by atoms with E-state index in [4.69, 9.17) is 9.15 Å². The van der Waals surface area contributed by atoms with Crippen molar-refractivity contribution in [3.8, 4) is 5.75 Å². The molecule has 10 heteroatoms. The van der Waals surface area contributed by atoms with Gasteiger partial charge in [-0.25, -0.2) is 10.2 Å². The van der Waals surface area contributed by atoms with Crippen LogP contribution in [0.15, 0.2) is 81.2 Å². The highest BCUT2D eigenvalue weighted by molar-refractivity contribution is 9.10. The fourth-order valence-electron chi connectivity index (χ4n) is 2.37. The van der Waals surface area contributed by atoms with Crippen LogP contribution in [0.1, 0.15) is 21.7 Å². The first-order chi connectivity index (χ1) is 15.5. The van der Waals surface area contributed by atoms with Crippen LogP contribution in [0.3, 0.4) is 0 Å². The molecule has 2 N–H and O–H groups in total. The first-order valence-corrected chi connectivity index (χ1v) is 10.0. The van der Waals surface area contributed by atoms with Crippen LogP contribution in [-0.4, -0.2) is 35.5 Å². The number of rotatable bonds is 8. The lowest BCUT2D eigenvalue weighted by atomic mass is 10.2. The molecule has 3 aromatic rings. The zero-order valence-electron chi connectivity index (χ0n) is 16.5. The van der Waals surface area contributed by atoms with E-state index in [-0.39, 0.29) is 12.3 Å². The topological polar surface area (TPSA) is 123 Å². The molecule has 32 heavy (non-hydrogen) atoms. The molecule has 0 aliphatic carbocycles. The number of pyridine rings is 1. The van der Waals surface area contributed by atoms with E-state index in [1.807, 2.05) is 0 Å². The number of nitrogens with zero attached hydrogens (tertiary/aromatic N) is 2. The molecular formula is C22H17BrN4O5. The highest BCUT2D eigenvalue weighted by atomic mass is 79.9. The second kappa shape index (κ2) is 11.4. The lowest BCUT2D eigenvalue weighted by Gasteiger charge is -2.06. The quantitative estimate of drug-likeness (QED) is 0.162. The Morgan fingerprint density at radius 2 is 1.97 bits per heavy atom. The Bertz CT molecular complexity index is 1140. The summed E-state index contributed by atoms with van der Waals surface area (Å²) in [5.74, 6) is -0.792. The van der Waals surface area contributed by atoms with Crippen molar-refractivity contribution in [3.05, 3.63) is 88.6 Å². The van der Waals surface area contributed by atoms with Crippen LogP contribution < -0.4 is 15.5 Å². The van der Waals surface area contributed by atoms with Gasteiger partial charge in [-0.05, 0) is 48.5 Å². The lowest BCUT2D eigenvalue weighted by molar-refractivity contribution is -0.129. The molecule has 0 bridgehead atoms. The van der Waals surface area contributed by atoms with Gasteiger partial charge in [0.1, 0.15) is 11.5 Å². The summed E-state index contributed by atoms with van der Waals surface area (Å²) in [6, 6.07) is 11.4. The second-order valence-electron chi connectivity index (χ2n) is 6.16. The Morgan fingerprint density at radius 1 is 1.16 bits per heavy atom. The fourth-order valence-corrected chi connectivity index (χ4v) is 2.75. The van der Waals surface area contributed by atoms with Gasteiger partial charge in [-0.3, -0.25) is 14.6 Å². The number of furan rings is 1. The standard InChI is InChI=1S/C22H17BrN4O5/c23-17-3-5-19(32-21(29)6-4-18-2-1-11-31-18)16(12-17)13-26-27-20(28)14-25-22(30)15-7-9-24-10-8-15/h1-13H,14H2,(H,25,30)(H,27,28). The molecule has 3 rings (SSSR count). The molecule has 0 atom stereocenters. The number of hydrogen-bond acceptors (Lipinski definition) is 7. The van der Waals surface area contributed by atoms with Gasteiger partial charge in [0.15, 0.2) is 0 Å². The Morgan fingerprint density at radius 3 is 2.72 bits per heavy atom. The van der Waals surface area contributed by atoms with Crippen LogP contribution >= 0.6 is 15.9 Å². The van der Waals surface area contributed by atoms with Gasteiger partial charge in [-0.15, -0.1) is 0 Å². The number of esters is 1. The SMILES string of the molecule is O=C(CNC(=O)c1ccncc1)NN=Cc1cc(Br)ccc1OC(=O)C=Cc1ccco1. The smallest absolute Gasteiger partial charge is 0.336 e. The number of halogens is 1. The molecule has 0 saturated carbocycles. The molecule has 0 saturated heterocycles. The third kappa shape index (κ3) is 7.03. The Balaban J connectivity index is 1.55. The van der Waals surface area contributed by atoms with E-state index < -0.39 is 17.8 Å². The third-order valence-electron chi connectivity index (χ3n) is 3.85. The summed E-state index contributed by atoms with van der Waals surface area (Å²) in [6.45, 7) is -0.267. The lowest BCUT2D eigenvalue weighted by Crippen LogP contribution is -2.34. The summed E-state index contributed by atoms with van der Waals surface area (Å²) in [5, 5.41) is 6.33. The van der Waals surface area contributed by atoms with E-state index >= 15 is 0 Å². The molecule has 0 radical (unpaired) electrons. The maximum atomic E-state index is 12.1. The van der Waals surface area contributed by atoms with Crippen LogP contribution in [0.5, 0.6) is 5.75 Å². The minimum Gasteiger partial charge on any atom is -0.465 e. The average Bonchev–Trinajstić information content (AvgIpc) is 3.32. The molecule has 0 unspecified atom stereocenters. The predicted molar refractivity (Wildman–Crippen MR) is 120 cm³/mol. The molecule has 0 aliphatic heterocycles. The fraction of sp³-hybridized carbons (Fsp3) is 0.0455. The normalized spacial score (nSPS) is 10.9. The van der Waals surface area contributed by atoms with Crippen molar-refractivity contribution in [2.75, 3.05) is 6.54 Å². The van der Waals surface area contributed by atoms with Crippen molar-refractivity contribution >= 4 is 46.0 Å². The maximum Gasteiger partial charge on any atom is 0.336 e. The molecule has 9 nitrogen and oxygen atoms in total. The number of hydrogen-bond donors (Lipinski definition) is 2. The van der Waals surface area contributed by atoms with E-state index in [0.717, 1.165) is 4.47 Å². The van der Waals surface area contributed by atoms with Gasteiger partial charge in [0.2, 0.25) is 0 Å². The number of hydrazone groups is 1. The Labute approximate surface area is 191 Å². The Hall–Kier alpha value is -4.05. The molecule has 0 fully saturated rings. The molecule has 0 spiro atoms. The summed E-state index contributed by atoms with van der Waals surface area (Å²) in [4.78, 5) is 39.8.